The largest absolute Gasteiger partial charge is 0.481 e. The Balaban J connectivity index is 2.76. The standard InChI is InChI=1S/C13H19N3O5/c1-3-4-15-8-10(16(20)21)6-11(15)13(19)14-7-9(2)5-12(17)18/h6,8-9H,3-5,7H2,1-2H3,(H,14,19)(H,17,18). The first kappa shape index (κ1) is 16.7. The molecule has 1 unspecified atom stereocenters. The van der Waals surface area contributed by atoms with Gasteiger partial charge in [0.1, 0.15) is 5.69 Å². The Morgan fingerprint density at radius 1 is 1.52 bits per heavy atom. The van der Waals surface area contributed by atoms with Crippen LogP contribution in [-0.4, -0.2) is 33.0 Å². The van der Waals surface area contributed by atoms with Gasteiger partial charge in [0.25, 0.3) is 11.6 Å². The van der Waals surface area contributed by atoms with Crippen molar-refractivity contribution in [1.82, 2.24) is 9.88 Å². The van der Waals surface area contributed by atoms with Crippen molar-refractivity contribution in [2.75, 3.05) is 6.54 Å². The van der Waals surface area contributed by atoms with Gasteiger partial charge in [0.2, 0.25) is 0 Å². The molecule has 0 aliphatic heterocycles. The van der Waals surface area contributed by atoms with Crippen LogP contribution in [0, 0.1) is 16.0 Å². The second kappa shape index (κ2) is 7.41. The van der Waals surface area contributed by atoms with E-state index in [1.807, 2.05) is 6.92 Å². The third-order valence-electron chi connectivity index (χ3n) is 2.92. The van der Waals surface area contributed by atoms with Crippen LogP contribution in [0.4, 0.5) is 5.69 Å². The number of aromatic nitrogens is 1. The van der Waals surface area contributed by atoms with Crippen molar-refractivity contribution in [3.63, 3.8) is 0 Å². The fraction of sp³-hybridized carbons (Fsp3) is 0.538. The van der Waals surface area contributed by atoms with E-state index in [2.05, 4.69) is 5.32 Å². The predicted octanol–water partition coefficient (Wildman–Crippen LogP) is 1.65. The van der Waals surface area contributed by atoms with E-state index in [0.29, 0.717) is 6.54 Å². The highest BCUT2D eigenvalue weighted by Crippen LogP contribution is 2.17. The third kappa shape index (κ3) is 4.90. The van der Waals surface area contributed by atoms with Gasteiger partial charge in [0.05, 0.1) is 11.1 Å². The number of hydrogen-bond donors (Lipinski definition) is 2. The van der Waals surface area contributed by atoms with E-state index in [0.717, 1.165) is 6.42 Å². The van der Waals surface area contributed by atoms with Crippen molar-refractivity contribution in [3.8, 4) is 0 Å². The molecule has 0 aromatic carbocycles. The highest BCUT2D eigenvalue weighted by atomic mass is 16.6. The first-order valence-electron chi connectivity index (χ1n) is 6.69. The summed E-state index contributed by atoms with van der Waals surface area (Å²) in [6, 6.07) is 1.23. The van der Waals surface area contributed by atoms with Crippen LogP contribution in [0.1, 0.15) is 37.2 Å². The van der Waals surface area contributed by atoms with E-state index in [4.69, 9.17) is 5.11 Å². The topological polar surface area (TPSA) is 114 Å². The normalized spacial score (nSPS) is 11.9. The summed E-state index contributed by atoms with van der Waals surface area (Å²) < 4.78 is 1.54. The minimum absolute atomic E-state index is 0.0452. The molecule has 1 heterocycles. The van der Waals surface area contributed by atoms with Crippen LogP contribution in [0.25, 0.3) is 0 Å². The summed E-state index contributed by atoms with van der Waals surface area (Å²) in [5.74, 6) is -1.58. The molecule has 0 fully saturated rings. The van der Waals surface area contributed by atoms with Crippen molar-refractivity contribution in [3.05, 3.63) is 28.1 Å². The average molecular weight is 297 g/mol. The number of aliphatic carboxylic acids is 1. The minimum Gasteiger partial charge on any atom is -0.481 e. The predicted molar refractivity (Wildman–Crippen MR) is 75.1 cm³/mol. The smallest absolute Gasteiger partial charge is 0.303 e. The van der Waals surface area contributed by atoms with Crippen molar-refractivity contribution < 1.29 is 19.6 Å². The first-order valence-corrected chi connectivity index (χ1v) is 6.69. The van der Waals surface area contributed by atoms with Gasteiger partial charge in [0.15, 0.2) is 0 Å². The number of hydrogen-bond acceptors (Lipinski definition) is 4. The molecule has 1 atom stereocenters. The van der Waals surface area contributed by atoms with Gasteiger partial charge in [0, 0.05) is 25.6 Å². The van der Waals surface area contributed by atoms with E-state index in [9.17, 15) is 19.7 Å². The van der Waals surface area contributed by atoms with Gasteiger partial charge in [-0.2, -0.15) is 0 Å². The molecule has 116 valence electrons. The molecule has 1 aromatic heterocycles. The van der Waals surface area contributed by atoms with Gasteiger partial charge in [-0.15, -0.1) is 0 Å². The maximum absolute atomic E-state index is 12.1. The maximum atomic E-state index is 12.1. The lowest BCUT2D eigenvalue weighted by molar-refractivity contribution is -0.384. The first-order chi connectivity index (χ1) is 9.85. The van der Waals surface area contributed by atoms with Gasteiger partial charge < -0.3 is 15.0 Å². The monoisotopic (exact) mass is 297 g/mol. The number of nitrogens with one attached hydrogen (secondary N) is 1. The molecule has 0 bridgehead atoms. The van der Waals surface area contributed by atoms with Crippen molar-refractivity contribution in [1.29, 1.82) is 0 Å². The Morgan fingerprint density at radius 3 is 2.71 bits per heavy atom. The zero-order valence-corrected chi connectivity index (χ0v) is 12.0. The molecule has 1 aromatic rings. The van der Waals surface area contributed by atoms with Gasteiger partial charge in [-0.25, -0.2) is 0 Å². The second-order valence-corrected chi connectivity index (χ2v) is 4.95. The number of aryl methyl sites for hydroxylation is 1. The summed E-state index contributed by atoms with van der Waals surface area (Å²) in [7, 11) is 0. The number of carbonyl (C=O) groups is 2. The zero-order chi connectivity index (χ0) is 16.0. The van der Waals surface area contributed by atoms with Crippen molar-refractivity contribution in [2.45, 2.75) is 33.2 Å². The summed E-state index contributed by atoms with van der Waals surface area (Å²) in [4.78, 5) is 32.8. The molecular formula is C13H19N3O5. The Morgan fingerprint density at radius 2 is 2.19 bits per heavy atom. The van der Waals surface area contributed by atoms with Crippen LogP contribution in [-0.2, 0) is 11.3 Å². The van der Waals surface area contributed by atoms with Crippen LogP contribution in [0.5, 0.6) is 0 Å². The minimum atomic E-state index is -0.929. The van der Waals surface area contributed by atoms with E-state index in [-0.39, 0.29) is 30.3 Å². The summed E-state index contributed by atoms with van der Waals surface area (Å²) >= 11 is 0. The van der Waals surface area contributed by atoms with Crippen molar-refractivity contribution in [2.24, 2.45) is 5.92 Å². The highest BCUT2D eigenvalue weighted by molar-refractivity contribution is 5.93. The van der Waals surface area contributed by atoms with Crippen molar-refractivity contribution >= 4 is 17.6 Å². The number of carbonyl (C=O) groups excluding carboxylic acids is 1. The Labute approximate surface area is 121 Å². The Kier molecular flexibility index (Phi) is 5.89. The fourth-order valence-corrected chi connectivity index (χ4v) is 1.94. The van der Waals surface area contributed by atoms with Gasteiger partial charge in [-0.05, 0) is 12.3 Å². The Hall–Kier alpha value is -2.38. The van der Waals surface area contributed by atoms with E-state index in [1.54, 1.807) is 6.92 Å². The van der Waals surface area contributed by atoms with Crippen LogP contribution < -0.4 is 5.32 Å². The number of nitrogens with zero attached hydrogens (tertiary/aromatic N) is 2. The zero-order valence-electron chi connectivity index (χ0n) is 12.0. The maximum Gasteiger partial charge on any atom is 0.303 e. The highest BCUT2D eigenvalue weighted by Gasteiger charge is 2.19. The van der Waals surface area contributed by atoms with Crippen LogP contribution in [0.3, 0.4) is 0 Å². The lowest BCUT2D eigenvalue weighted by Gasteiger charge is -2.11. The summed E-state index contributed by atoms with van der Waals surface area (Å²) in [5.41, 5.74) is 0.0817. The lowest BCUT2D eigenvalue weighted by Crippen LogP contribution is -2.30. The molecule has 2 N–H and O–H groups in total. The van der Waals surface area contributed by atoms with Gasteiger partial charge >= 0.3 is 5.97 Å². The third-order valence-corrected chi connectivity index (χ3v) is 2.92. The van der Waals surface area contributed by atoms with Crippen LogP contribution >= 0.6 is 0 Å². The quantitative estimate of drug-likeness (QED) is 0.559. The summed E-state index contributed by atoms with van der Waals surface area (Å²) in [5, 5.41) is 22.0. The molecule has 0 radical (unpaired) electrons. The van der Waals surface area contributed by atoms with Crippen LogP contribution in [0.15, 0.2) is 12.3 Å². The molecule has 0 aliphatic carbocycles. The lowest BCUT2D eigenvalue weighted by atomic mass is 10.1. The number of amides is 1. The average Bonchev–Trinajstić information content (AvgIpc) is 2.80. The van der Waals surface area contributed by atoms with E-state index < -0.39 is 16.8 Å². The van der Waals surface area contributed by atoms with Gasteiger partial charge in [-0.3, -0.25) is 19.7 Å². The van der Waals surface area contributed by atoms with E-state index >= 15 is 0 Å². The second-order valence-electron chi connectivity index (χ2n) is 4.95. The van der Waals surface area contributed by atoms with Crippen LogP contribution in [0.2, 0.25) is 0 Å². The molecule has 0 saturated carbocycles. The fourth-order valence-electron chi connectivity index (χ4n) is 1.94. The summed E-state index contributed by atoms with van der Waals surface area (Å²) in [6.45, 7) is 4.32. The SMILES string of the molecule is CCCn1cc([N+](=O)[O-])cc1C(=O)NCC(C)CC(=O)O. The number of nitro groups is 1. The van der Waals surface area contributed by atoms with E-state index in [1.165, 1.54) is 16.8 Å². The molecule has 1 amide bonds. The number of carboxylic acids is 1. The number of rotatable bonds is 8. The Bertz CT molecular complexity index is 538. The van der Waals surface area contributed by atoms with Gasteiger partial charge in [-0.1, -0.05) is 13.8 Å². The molecular weight excluding hydrogens is 278 g/mol. The molecule has 8 nitrogen and oxygen atoms in total. The number of carboxylic acid groups (broad SMARTS) is 1. The molecule has 0 saturated heterocycles. The molecule has 8 heteroatoms. The molecule has 1 rings (SSSR count). The molecule has 21 heavy (non-hydrogen) atoms. The summed E-state index contributed by atoms with van der Waals surface area (Å²) in [6.07, 6.45) is 2.02. The molecule has 0 spiro atoms. The molecule has 0 aliphatic rings.